The quantitative estimate of drug-likeness (QED) is 0.630. The van der Waals surface area contributed by atoms with Crippen LogP contribution in [0.4, 0.5) is 0 Å². The fourth-order valence-corrected chi connectivity index (χ4v) is 3.96. The summed E-state index contributed by atoms with van der Waals surface area (Å²) in [4.78, 5) is 13.3. The molecule has 6 heteroatoms. The van der Waals surface area contributed by atoms with E-state index in [9.17, 15) is 9.90 Å². The monoisotopic (exact) mass is 438 g/mol. The van der Waals surface area contributed by atoms with Crippen molar-refractivity contribution in [1.29, 1.82) is 0 Å². The molecule has 2 aromatic carbocycles. The number of aryl methyl sites for hydroxylation is 1. The first-order valence-electron chi connectivity index (χ1n) is 10.5. The summed E-state index contributed by atoms with van der Waals surface area (Å²) in [6.07, 6.45) is 5.98. The van der Waals surface area contributed by atoms with Crippen molar-refractivity contribution < 1.29 is 28.8 Å². The van der Waals surface area contributed by atoms with Crippen LogP contribution in [0.5, 0.6) is 23.0 Å². The fraction of sp³-hybridized carbons (Fsp3) is 0.346. The van der Waals surface area contributed by atoms with Crippen molar-refractivity contribution in [3.63, 3.8) is 0 Å². The summed E-state index contributed by atoms with van der Waals surface area (Å²) >= 11 is 0. The van der Waals surface area contributed by atoms with Crippen LogP contribution in [0.1, 0.15) is 41.5 Å². The number of benzene rings is 2. The highest BCUT2D eigenvalue weighted by Gasteiger charge is 2.22. The van der Waals surface area contributed by atoms with Gasteiger partial charge >= 0.3 is 0 Å². The van der Waals surface area contributed by atoms with Gasteiger partial charge in [0, 0.05) is 27.8 Å². The molecule has 1 saturated carbocycles. The maximum absolute atomic E-state index is 13.3. The molecule has 0 aliphatic heterocycles. The zero-order valence-electron chi connectivity index (χ0n) is 19.3. The second-order valence-electron chi connectivity index (χ2n) is 7.65. The van der Waals surface area contributed by atoms with Crippen molar-refractivity contribution in [1.82, 2.24) is 0 Å². The van der Waals surface area contributed by atoms with Crippen LogP contribution < -0.4 is 18.9 Å². The SMILES string of the molecule is COc1cc(/C=C2\CCC/C(=C\c3cc(OC)c(CO)cc3OC)C2=O)c(OC)cc1C. The number of carbonyl (C=O) groups excluding carboxylic acids is 1. The first-order chi connectivity index (χ1) is 15.4. The number of Topliss-reactive ketones (excluding diaryl/α,β-unsaturated/α-hetero) is 1. The molecular weight excluding hydrogens is 408 g/mol. The minimum absolute atomic E-state index is 0.00472. The van der Waals surface area contributed by atoms with Crippen molar-refractivity contribution in [3.05, 3.63) is 57.7 Å². The summed E-state index contributed by atoms with van der Waals surface area (Å²) < 4.78 is 21.8. The van der Waals surface area contributed by atoms with Gasteiger partial charge in [-0.15, -0.1) is 0 Å². The van der Waals surface area contributed by atoms with E-state index in [1.807, 2.05) is 31.2 Å². The minimum Gasteiger partial charge on any atom is -0.496 e. The predicted octanol–water partition coefficient (Wildman–Crippen LogP) is 4.74. The standard InChI is InChI=1S/C26H30O6/c1-16-9-23(30-3)19(12-22(16)29-2)10-17-7-6-8-18(26(17)28)11-20-13-25(32-5)21(15-27)14-24(20)31-4/h9-14,27H,6-8,15H2,1-5H3/b17-10+,18-11+. The van der Waals surface area contributed by atoms with E-state index >= 15 is 0 Å². The molecule has 6 nitrogen and oxygen atoms in total. The summed E-state index contributed by atoms with van der Waals surface area (Å²) in [5.74, 6) is 2.58. The van der Waals surface area contributed by atoms with Crippen LogP contribution in [0.3, 0.4) is 0 Å². The molecule has 0 amide bonds. The van der Waals surface area contributed by atoms with Crippen LogP contribution in [-0.4, -0.2) is 39.3 Å². The zero-order chi connectivity index (χ0) is 23.3. The lowest BCUT2D eigenvalue weighted by molar-refractivity contribution is -0.112. The number of methoxy groups -OCH3 is 4. The van der Waals surface area contributed by atoms with Gasteiger partial charge in [0.15, 0.2) is 5.78 Å². The topological polar surface area (TPSA) is 74.2 Å². The van der Waals surface area contributed by atoms with Gasteiger partial charge in [0.25, 0.3) is 0 Å². The van der Waals surface area contributed by atoms with E-state index in [0.717, 1.165) is 34.4 Å². The minimum atomic E-state index is -0.163. The molecule has 0 bridgehead atoms. The Kier molecular flexibility index (Phi) is 7.59. The van der Waals surface area contributed by atoms with Crippen molar-refractivity contribution >= 4 is 17.9 Å². The lowest BCUT2D eigenvalue weighted by atomic mass is 9.86. The van der Waals surface area contributed by atoms with Gasteiger partial charge in [-0.25, -0.2) is 0 Å². The van der Waals surface area contributed by atoms with E-state index < -0.39 is 0 Å². The molecule has 2 aromatic rings. The number of aliphatic hydroxyl groups is 1. The molecule has 0 unspecified atom stereocenters. The van der Waals surface area contributed by atoms with Gasteiger partial charge in [-0.1, -0.05) is 0 Å². The summed E-state index contributed by atoms with van der Waals surface area (Å²) in [7, 11) is 6.36. The molecule has 0 radical (unpaired) electrons. The largest absolute Gasteiger partial charge is 0.496 e. The third kappa shape index (κ3) is 4.81. The Morgan fingerprint density at radius 3 is 1.78 bits per heavy atom. The van der Waals surface area contributed by atoms with Crippen molar-refractivity contribution in [2.75, 3.05) is 28.4 Å². The molecule has 0 atom stereocenters. The predicted molar refractivity (Wildman–Crippen MR) is 125 cm³/mol. The third-order valence-electron chi connectivity index (χ3n) is 5.69. The lowest BCUT2D eigenvalue weighted by Crippen LogP contribution is -2.12. The fourth-order valence-electron chi connectivity index (χ4n) is 3.96. The number of carbonyl (C=O) groups is 1. The lowest BCUT2D eigenvalue weighted by Gasteiger charge is -2.19. The normalized spacial score (nSPS) is 16.4. The highest BCUT2D eigenvalue weighted by molar-refractivity contribution is 6.14. The Morgan fingerprint density at radius 2 is 1.28 bits per heavy atom. The van der Waals surface area contributed by atoms with E-state index in [1.54, 1.807) is 40.6 Å². The summed E-state index contributed by atoms with van der Waals surface area (Å²) in [5, 5.41) is 9.56. The van der Waals surface area contributed by atoms with Crippen LogP contribution >= 0.6 is 0 Å². The molecular formula is C26H30O6. The Labute approximate surface area is 189 Å². The number of ether oxygens (including phenoxy) is 4. The third-order valence-corrected chi connectivity index (χ3v) is 5.69. The Bertz CT molecular complexity index is 1060. The number of allylic oxidation sites excluding steroid dienone is 2. The van der Waals surface area contributed by atoms with Crippen LogP contribution in [0, 0.1) is 6.92 Å². The van der Waals surface area contributed by atoms with Gasteiger partial charge in [-0.3, -0.25) is 4.79 Å². The second kappa shape index (κ2) is 10.4. The average molecular weight is 439 g/mol. The molecule has 1 fully saturated rings. The maximum atomic E-state index is 13.3. The second-order valence-corrected chi connectivity index (χ2v) is 7.65. The Hall–Kier alpha value is -3.25. The number of hydrogen-bond acceptors (Lipinski definition) is 6. The zero-order valence-corrected chi connectivity index (χ0v) is 19.3. The van der Waals surface area contributed by atoms with Crippen LogP contribution in [0.25, 0.3) is 12.2 Å². The molecule has 170 valence electrons. The number of aliphatic hydroxyl groups excluding tert-OH is 1. The summed E-state index contributed by atoms with van der Waals surface area (Å²) in [6.45, 7) is 1.79. The van der Waals surface area contributed by atoms with E-state index in [2.05, 4.69) is 0 Å². The average Bonchev–Trinajstić information content (AvgIpc) is 2.81. The molecule has 3 rings (SSSR count). The van der Waals surface area contributed by atoms with Crippen molar-refractivity contribution in [3.8, 4) is 23.0 Å². The van der Waals surface area contributed by atoms with Gasteiger partial charge < -0.3 is 24.1 Å². The maximum Gasteiger partial charge on any atom is 0.185 e. The van der Waals surface area contributed by atoms with E-state index in [-0.39, 0.29) is 12.4 Å². The van der Waals surface area contributed by atoms with Crippen molar-refractivity contribution in [2.45, 2.75) is 32.8 Å². The van der Waals surface area contributed by atoms with Gasteiger partial charge in [0.2, 0.25) is 0 Å². The van der Waals surface area contributed by atoms with E-state index in [0.29, 0.717) is 41.2 Å². The molecule has 1 aliphatic rings. The molecule has 0 saturated heterocycles. The van der Waals surface area contributed by atoms with Crippen molar-refractivity contribution in [2.24, 2.45) is 0 Å². The number of hydrogen-bond donors (Lipinski definition) is 1. The Morgan fingerprint density at radius 1 is 0.781 bits per heavy atom. The van der Waals surface area contributed by atoms with Crippen LogP contribution in [-0.2, 0) is 11.4 Å². The highest BCUT2D eigenvalue weighted by atomic mass is 16.5. The smallest absolute Gasteiger partial charge is 0.185 e. The number of rotatable bonds is 7. The van der Waals surface area contributed by atoms with Crippen LogP contribution in [0.2, 0.25) is 0 Å². The van der Waals surface area contributed by atoms with Gasteiger partial charge in [0.05, 0.1) is 35.0 Å². The molecule has 32 heavy (non-hydrogen) atoms. The van der Waals surface area contributed by atoms with E-state index in [1.165, 1.54) is 0 Å². The van der Waals surface area contributed by atoms with Crippen LogP contribution in [0.15, 0.2) is 35.4 Å². The molecule has 1 N–H and O–H groups in total. The first kappa shape index (κ1) is 23.4. The molecule has 0 spiro atoms. The summed E-state index contributed by atoms with van der Waals surface area (Å²) in [6, 6.07) is 7.33. The Balaban J connectivity index is 2.02. The van der Waals surface area contributed by atoms with E-state index in [4.69, 9.17) is 18.9 Å². The van der Waals surface area contributed by atoms with Gasteiger partial charge in [0.1, 0.15) is 23.0 Å². The highest BCUT2D eigenvalue weighted by Crippen LogP contribution is 2.35. The van der Waals surface area contributed by atoms with Gasteiger partial charge in [-0.05, 0) is 68.2 Å². The summed E-state index contributed by atoms with van der Waals surface area (Å²) in [5.41, 5.74) is 4.57. The molecule has 1 aliphatic carbocycles. The number of ketones is 1. The first-order valence-corrected chi connectivity index (χ1v) is 10.5. The molecule has 0 heterocycles. The molecule has 0 aromatic heterocycles. The van der Waals surface area contributed by atoms with Gasteiger partial charge in [-0.2, -0.15) is 0 Å².